The first-order chi connectivity index (χ1) is 16.9. The van der Waals surface area contributed by atoms with Gasteiger partial charge in [0.1, 0.15) is 11.6 Å². The molecule has 186 valence electrons. The van der Waals surface area contributed by atoms with Gasteiger partial charge < -0.3 is 9.47 Å². The van der Waals surface area contributed by atoms with Crippen LogP contribution in [0.25, 0.3) is 11.4 Å². The van der Waals surface area contributed by atoms with Gasteiger partial charge in [0, 0.05) is 74.6 Å². The van der Waals surface area contributed by atoms with Crippen LogP contribution in [0.15, 0.2) is 35.9 Å². The molecule has 2 aliphatic rings. The molecule has 1 aliphatic heterocycles. The van der Waals surface area contributed by atoms with Crippen LogP contribution in [0.4, 0.5) is 5.82 Å². The van der Waals surface area contributed by atoms with Crippen LogP contribution in [0.1, 0.15) is 57.3 Å². The molecule has 0 radical (unpaired) electrons. The molecule has 0 spiro atoms. The number of nitrogens with zero attached hydrogens (tertiary/aromatic N) is 8. The smallest absolute Gasteiger partial charge is 0.191 e. The van der Waals surface area contributed by atoms with Crippen LogP contribution in [0.3, 0.4) is 0 Å². The number of aromatic nitrogens is 6. The highest BCUT2D eigenvalue weighted by Crippen LogP contribution is 2.40. The summed E-state index contributed by atoms with van der Waals surface area (Å²) >= 11 is 1.78. The van der Waals surface area contributed by atoms with E-state index in [-0.39, 0.29) is 5.41 Å². The largest absolute Gasteiger partial charge is 0.354 e. The lowest BCUT2D eigenvalue weighted by Gasteiger charge is -2.37. The Bertz CT molecular complexity index is 1130. The molecule has 3 aromatic heterocycles. The van der Waals surface area contributed by atoms with Crippen molar-refractivity contribution < 1.29 is 0 Å². The van der Waals surface area contributed by atoms with Crippen molar-refractivity contribution in [2.75, 3.05) is 43.4 Å². The van der Waals surface area contributed by atoms with Gasteiger partial charge in [-0.3, -0.25) is 9.88 Å². The van der Waals surface area contributed by atoms with Gasteiger partial charge in [-0.25, -0.2) is 9.97 Å². The lowest BCUT2D eigenvalue weighted by atomic mass is 9.88. The maximum Gasteiger partial charge on any atom is 0.191 e. The first kappa shape index (κ1) is 24.2. The monoisotopic (exact) mass is 492 g/mol. The normalized spacial score (nSPS) is 17.2. The van der Waals surface area contributed by atoms with Gasteiger partial charge in [-0.1, -0.05) is 32.5 Å². The maximum atomic E-state index is 5.06. The zero-order chi connectivity index (χ0) is 24.4. The van der Waals surface area contributed by atoms with Crippen LogP contribution in [-0.4, -0.2) is 73.1 Å². The Morgan fingerprint density at radius 3 is 2.54 bits per heavy atom. The number of hydrogen-bond acceptors (Lipinski definition) is 8. The van der Waals surface area contributed by atoms with Crippen molar-refractivity contribution in [2.24, 2.45) is 7.05 Å². The molecule has 0 bridgehead atoms. The van der Waals surface area contributed by atoms with Crippen molar-refractivity contribution in [3.8, 4) is 11.4 Å². The highest BCUT2D eigenvalue weighted by molar-refractivity contribution is 7.99. The summed E-state index contributed by atoms with van der Waals surface area (Å²) in [5.41, 5.74) is 2.30. The van der Waals surface area contributed by atoms with Crippen LogP contribution < -0.4 is 4.90 Å². The third-order valence-corrected chi connectivity index (χ3v) is 7.92. The van der Waals surface area contributed by atoms with E-state index in [0.29, 0.717) is 5.92 Å². The van der Waals surface area contributed by atoms with Crippen molar-refractivity contribution in [3.05, 3.63) is 42.1 Å². The molecule has 0 unspecified atom stereocenters. The minimum atomic E-state index is 0.0441. The van der Waals surface area contributed by atoms with E-state index >= 15 is 0 Å². The number of piperazine rings is 1. The van der Waals surface area contributed by atoms with Crippen molar-refractivity contribution in [2.45, 2.75) is 56.5 Å². The number of rotatable bonds is 8. The van der Waals surface area contributed by atoms with Gasteiger partial charge in [-0.2, -0.15) is 0 Å². The average molecular weight is 493 g/mol. The van der Waals surface area contributed by atoms with E-state index in [1.165, 1.54) is 18.4 Å². The topological polar surface area (TPSA) is 75.9 Å². The highest BCUT2D eigenvalue weighted by Gasteiger charge is 2.31. The van der Waals surface area contributed by atoms with E-state index < -0.39 is 0 Å². The highest BCUT2D eigenvalue weighted by atomic mass is 32.2. The Morgan fingerprint density at radius 2 is 1.86 bits per heavy atom. The van der Waals surface area contributed by atoms with Crippen LogP contribution >= 0.6 is 11.8 Å². The fraction of sp³-hybridized carbons (Fsp3) is 0.577. The van der Waals surface area contributed by atoms with Crippen LogP contribution in [-0.2, 0) is 12.5 Å². The molecule has 1 saturated heterocycles. The van der Waals surface area contributed by atoms with Gasteiger partial charge in [0.15, 0.2) is 11.0 Å². The molecular formula is C26H36N8S. The molecule has 1 saturated carbocycles. The summed E-state index contributed by atoms with van der Waals surface area (Å²) in [4.78, 5) is 19.0. The molecule has 4 heterocycles. The Labute approximate surface area is 212 Å². The number of hydrogen-bond donors (Lipinski definition) is 0. The van der Waals surface area contributed by atoms with Crippen molar-refractivity contribution >= 4 is 17.6 Å². The molecule has 35 heavy (non-hydrogen) atoms. The standard InChI is InChI=1S/C26H36N8S/c1-26(2,3)21-18-28-22(19-8-9-19)29-24(21)34-14-12-33(13-15-34)11-6-16-35-25-31-30-23(32(25)4)20-7-5-10-27-17-20/h5,7,10,17-19H,6,8-9,11-16H2,1-4H3. The molecule has 1 aliphatic carbocycles. The lowest BCUT2D eigenvalue weighted by molar-refractivity contribution is 0.258. The molecule has 0 N–H and O–H groups in total. The van der Waals surface area contributed by atoms with Crippen molar-refractivity contribution in [1.82, 2.24) is 34.6 Å². The first-order valence-corrected chi connectivity index (χ1v) is 13.7. The van der Waals surface area contributed by atoms with E-state index in [2.05, 4.69) is 56.5 Å². The predicted octanol–water partition coefficient (Wildman–Crippen LogP) is 4.15. The fourth-order valence-corrected chi connectivity index (χ4v) is 5.35. The van der Waals surface area contributed by atoms with Crippen LogP contribution in [0.2, 0.25) is 0 Å². The molecule has 2 fully saturated rings. The van der Waals surface area contributed by atoms with E-state index in [1.807, 2.05) is 25.4 Å². The summed E-state index contributed by atoms with van der Waals surface area (Å²) < 4.78 is 2.06. The van der Waals surface area contributed by atoms with Gasteiger partial charge in [-0.15, -0.1) is 10.2 Å². The molecule has 8 nitrogen and oxygen atoms in total. The first-order valence-electron chi connectivity index (χ1n) is 12.7. The summed E-state index contributed by atoms with van der Waals surface area (Å²) in [5.74, 6) is 4.68. The van der Waals surface area contributed by atoms with E-state index in [1.54, 1.807) is 18.0 Å². The maximum absolute atomic E-state index is 5.06. The fourth-order valence-electron chi connectivity index (χ4n) is 4.52. The summed E-state index contributed by atoms with van der Waals surface area (Å²) in [6, 6.07) is 3.95. The zero-order valence-electron chi connectivity index (χ0n) is 21.3. The molecule has 0 amide bonds. The van der Waals surface area contributed by atoms with E-state index in [9.17, 15) is 0 Å². The van der Waals surface area contributed by atoms with Gasteiger partial charge >= 0.3 is 0 Å². The average Bonchev–Trinajstić information content (AvgIpc) is 3.65. The summed E-state index contributed by atoms with van der Waals surface area (Å²) in [5, 5.41) is 9.71. The Kier molecular flexibility index (Phi) is 7.07. The second-order valence-corrected chi connectivity index (χ2v) is 11.7. The molecule has 3 aromatic rings. The Balaban J connectivity index is 1.12. The van der Waals surface area contributed by atoms with Gasteiger partial charge in [-0.05, 0) is 43.4 Å². The molecule has 9 heteroatoms. The lowest BCUT2D eigenvalue weighted by Crippen LogP contribution is -2.47. The van der Waals surface area contributed by atoms with Crippen LogP contribution in [0.5, 0.6) is 0 Å². The minimum Gasteiger partial charge on any atom is -0.354 e. The zero-order valence-corrected chi connectivity index (χ0v) is 22.1. The quantitative estimate of drug-likeness (QED) is 0.343. The van der Waals surface area contributed by atoms with E-state index in [0.717, 1.165) is 73.1 Å². The van der Waals surface area contributed by atoms with E-state index in [4.69, 9.17) is 9.97 Å². The summed E-state index contributed by atoms with van der Waals surface area (Å²) in [6.45, 7) is 12.1. The third-order valence-electron chi connectivity index (χ3n) is 6.81. The van der Waals surface area contributed by atoms with Crippen molar-refractivity contribution in [3.63, 3.8) is 0 Å². The predicted molar refractivity (Wildman–Crippen MR) is 141 cm³/mol. The number of thioether (sulfide) groups is 1. The molecule has 0 atom stereocenters. The van der Waals surface area contributed by atoms with Gasteiger partial charge in [0.2, 0.25) is 0 Å². The second-order valence-electron chi connectivity index (χ2n) is 10.6. The SMILES string of the molecule is Cn1c(SCCCN2CCN(c3nc(C4CC4)ncc3C(C)(C)C)CC2)nnc1-c1cccnc1. The van der Waals surface area contributed by atoms with Crippen molar-refractivity contribution in [1.29, 1.82) is 0 Å². The molecular weight excluding hydrogens is 456 g/mol. The summed E-state index contributed by atoms with van der Waals surface area (Å²) in [6.07, 6.45) is 9.30. The summed E-state index contributed by atoms with van der Waals surface area (Å²) in [7, 11) is 2.03. The van der Waals surface area contributed by atoms with Crippen LogP contribution in [0, 0.1) is 0 Å². The number of anilines is 1. The third kappa shape index (κ3) is 5.67. The van der Waals surface area contributed by atoms with Gasteiger partial charge in [0.05, 0.1) is 0 Å². The minimum absolute atomic E-state index is 0.0441. The molecule has 0 aromatic carbocycles. The Hall–Kier alpha value is -2.52. The number of pyridine rings is 1. The molecule has 5 rings (SSSR count). The Morgan fingerprint density at radius 1 is 1.06 bits per heavy atom. The van der Waals surface area contributed by atoms with Gasteiger partial charge in [0.25, 0.3) is 0 Å². The second kappa shape index (κ2) is 10.2.